The topological polar surface area (TPSA) is 74.3 Å². The quantitative estimate of drug-likeness (QED) is 0.341. The summed E-state index contributed by atoms with van der Waals surface area (Å²) in [4.78, 5) is 25.5. The number of nitrogens with zero attached hydrogens (tertiary/aromatic N) is 1. The van der Waals surface area contributed by atoms with E-state index in [2.05, 4.69) is 6.92 Å². The number of hydrogen-bond donors (Lipinski definition) is 0. The lowest BCUT2D eigenvalue weighted by atomic mass is 10.0. The fraction of sp³-hybridized carbons (Fsp3) is 0.909. The highest BCUT2D eigenvalue weighted by Gasteiger charge is 2.27. The van der Waals surface area contributed by atoms with Crippen molar-refractivity contribution in [3.63, 3.8) is 0 Å². The lowest BCUT2D eigenvalue weighted by Crippen LogP contribution is -2.45. The molecule has 0 aliphatic carbocycles. The van der Waals surface area contributed by atoms with Crippen LogP contribution in [0.3, 0.4) is 0 Å². The second-order valence-electron chi connectivity index (χ2n) is 8.59. The molecule has 0 aromatic heterocycles. The molecule has 2 atom stereocenters. The zero-order valence-electron chi connectivity index (χ0n) is 19.0. The van der Waals surface area contributed by atoms with Crippen LogP contribution in [0.1, 0.15) is 86.0 Å². The zero-order valence-corrected chi connectivity index (χ0v) is 19.0. The van der Waals surface area contributed by atoms with Crippen molar-refractivity contribution in [2.24, 2.45) is 0 Å². The van der Waals surface area contributed by atoms with Gasteiger partial charge in [-0.05, 0) is 59.3 Å². The van der Waals surface area contributed by atoms with Crippen molar-refractivity contribution in [3.8, 4) is 0 Å². The van der Waals surface area contributed by atoms with Gasteiger partial charge in [-0.25, -0.2) is 4.79 Å². The third kappa shape index (κ3) is 12.1. The van der Waals surface area contributed by atoms with Crippen LogP contribution in [0.5, 0.6) is 0 Å². The van der Waals surface area contributed by atoms with Gasteiger partial charge in [0.15, 0.2) is 6.29 Å². The first-order valence-corrected chi connectivity index (χ1v) is 11.1. The minimum Gasteiger partial charge on any atom is -0.464 e. The molecule has 1 fully saturated rings. The van der Waals surface area contributed by atoms with Crippen LogP contribution in [0.4, 0.5) is 4.79 Å². The van der Waals surface area contributed by atoms with Gasteiger partial charge in [-0.1, -0.05) is 19.8 Å². The average Bonchev–Trinajstić information content (AvgIpc) is 2.64. The van der Waals surface area contributed by atoms with Crippen molar-refractivity contribution in [3.05, 3.63) is 0 Å². The van der Waals surface area contributed by atoms with Crippen LogP contribution in [0.25, 0.3) is 0 Å². The number of unbranched alkanes of at least 4 members (excludes halogenated alkanes) is 2. The van der Waals surface area contributed by atoms with Gasteiger partial charge in [0.05, 0.1) is 6.54 Å². The van der Waals surface area contributed by atoms with E-state index in [-0.39, 0.29) is 31.0 Å². The molecular formula is C22H41NO6. The standard InChI is InChI=1S/C22H41NO6/c1-6-19(12-8-7-10-15-27-20-13-9-11-16-28-20)23(14-17-26-18(2)24)21(25)29-22(3,4)5/h19-20H,6-17H2,1-5H3. The fourth-order valence-electron chi connectivity index (χ4n) is 3.33. The molecule has 1 aliphatic heterocycles. The van der Waals surface area contributed by atoms with Gasteiger partial charge in [0.2, 0.25) is 0 Å². The third-order valence-corrected chi connectivity index (χ3v) is 4.80. The molecule has 0 aromatic rings. The Bertz CT molecular complexity index is 470. The molecule has 0 bridgehead atoms. The zero-order chi connectivity index (χ0) is 21.7. The summed E-state index contributed by atoms with van der Waals surface area (Å²) < 4.78 is 22.0. The fourth-order valence-corrected chi connectivity index (χ4v) is 3.33. The normalized spacial score (nSPS) is 18.2. The highest BCUT2D eigenvalue weighted by Crippen LogP contribution is 2.19. The highest BCUT2D eigenvalue weighted by molar-refractivity contribution is 5.69. The molecule has 0 radical (unpaired) electrons. The number of carbonyl (C=O) groups is 2. The van der Waals surface area contributed by atoms with Gasteiger partial charge in [0.25, 0.3) is 0 Å². The maximum atomic E-state index is 12.7. The molecule has 0 aromatic carbocycles. The molecule has 7 nitrogen and oxygen atoms in total. The van der Waals surface area contributed by atoms with Crippen molar-refractivity contribution >= 4 is 12.1 Å². The lowest BCUT2D eigenvalue weighted by Gasteiger charge is -2.33. The first-order chi connectivity index (χ1) is 13.7. The summed E-state index contributed by atoms with van der Waals surface area (Å²) in [6, 6.07) is 0.0583. The monoisotopic (exact) mass is 415 g/mol. The maximum Gasteiger partial charge on any atom is 0.410 e. The Kier molecular flexibility index (Phi) is 12.2. The van der Waals surface area contributed by atoms with E-state index in [0.29, 0.717) is 13.2 Å². The highest BCUT2D eigenvalue weighted by atomic mass is 16.7. The Morgan fingerprint density at radius 1 is 1.14 bits per heavy atom. The Balaban J connectivity index is 2.41. The molecule has 29 heavy (non-hydrogen) atoms. The summed E-state index contributed by atoms with van der Waals surface area (Å²) in [5.41, 5.74) is -0.562. The Labute approximate surface area is 176 Å². The summed E-state index contributed by atoms with van der Waals surface area (Å²) in [7, 11) is 0. The van der Waals surface area contributed by atoms with Crippen molar-refractivity contribution in [1.29, 1.82) is 0 Å². The first kappa shape index (κ1) is 25.7. The van der Waals surface area contributed by atoms with Crippen LogP contribution < -0.4 is 0 Å². The maximum absolute atomic E-state index is 12.7. The molecule has 170 valence electrons. The van der Waals surface area contributed by atoms with Crippen LogP contribution in [0.15, 0.2) is 0 Å². The Morgan fingerprint density at radius 2 is 1.90 bits per heavy atom. The largest absolute Gasteiger partial charge is 0.464 e. The second kappa shape index (κ2) is 13.8. The summed E-state index contributed by atoms with van der Waals surface area (Å²) >= 11 is 0. The van der Waals surface area contributed by atoms with Crippen LogP contribution in [-0.2, 0) is 23.7 Å². The van der Waals surface area contributed by atoms with E-state index >= 15 is 0 Å². The van der Waals surface area contributed by atoms with Crippen LogP contribution >= 0.6 is 0 Å². The van der Waals surface area contributed by atoms with E-state index < -0.39 is 5.60 Å². The lowest BCUT2D eigenvalue weighted by molar-refractivity contribution is -0.162. The minimum absolute atomic E-state index is 0.0314. The summed E-state index contributed by atoms with van der Waals surface area (Å²) in [5.74, 6) is -0.343. The van der Waals surface area contributed by atoms with E-state index in [9.17, 15) is 9.59 Å². The number of hydrogen-bond acceptors (Lipinski definition) is 6. The van der Waals surface area contributed by atoms with Gasteiger partial charge in [-0.3, -0.25) is 4.79 Å². The number of amides is 1. The van der Waals surface area contributed by atoms with E-state index in [0.717, 1.165) is 51.6 Å². The van der Waals surface area contributed by atoms with E-state index in [1.165, 1.54) is 13.3 Å². The van der Waals surface area contributed by atoms with E-state index in [1.54, 1.807) is 4.90 Å². The van der Waals surface area contributed by atoms with Crippen molar-refractivity contribution in [2.75, 3.05) is 26.4 Å². The molecule has 0 spiro atoms. The summed E-state index contributed by atoms with van der Waals surface area (Å²) in [6.45, 7) is 11.0. The minimum atomic E-state index is -0.562. The first-order valence-electron chi connectivity index (χ1n) is 11.1. The van der Waals surface area contributed by atoms with Crippen LogP contribution in [-0.4, -0.2) is 61.3 Å². The predicted molar refractivity (Wildman–Crippen MR) is 112 cm³/mol. The Morgan fingerprint density at radius 3 is 2.48 bits per heavy atom. The molecular weight excluding hydrogens is 374 g/mol. The molecule has 1 heterocycles. The average molecular weight is 416 g/mol. The van der Waals surface area contributed by atoms with E-state index in [4.69, 9.17) is 18.9 Å². The molecule has 7 heteroatoms. The molecule has 1 amide bonds. The van der Waals surface area contributed by atoms with Crippen LogP contribution in [0.2, 0.25) is 0 Å². The second-order valence-corrected chi connectivity index (χ2v) is 8.59. The number of ether oxygens (including phenoxy) is 4. The van der Waals surface area contributed by atoms with Gasteiger partial charge in [0, 0.05) is 26.2 Å². The third-order valence-electron chi connectivity index (χ3n) is 4.80. The van der Waals surface area contributed by atoms with E-state index in [1.807, 2.05) is 20.8 Å². The number of carbonyl (C=O) groups excluding carboxylic acids is 2. The van der Waals surface area contributed by atoms with Gasteiger partial charge in [-0.2, -0.15) is 0 Å². The van der Waals surface area contributed by atoms with Gasteiger partial charge in [-0.15, -0.1) is 0 Å². The Hall–Kier alpha value is -1.34. The summed E-state index contributed by atoms with van der Waals surface area (Å²) in [6.07, 6.45) is 7.64. The van der Waals surface area contributed by atoms with Crippen molar-refractivity contribution < 1.29 is 28.5 Å². The molecule has 0 N–H and O–H groups in total. The number of esters is 1. The molecule has 2 unspecified atom stereocenters. The smallest absolute Gasteiger partial charge is 0.410 e. The summed E-state index contributed by atoms with van der Waals surface area (Å²) in [5, 5.41) is 0. The molecule has 0 saturated carbocycles. The van der Waals surface area contributed by atoms with Crippen molar-refractivity contribution in [2.45, 2.75) is 104 Å². The van der Waals surface area contributed by atoms with Gasteiger partial charge in [0.1, 0.15) is 12.2 Å². The van der Waals surface area contributed by atoms with Crippen molar-refractivity contribution in [1.82, 2.24) is 4.90 Å². The number of rotatable bonds is 12. The van der Waals surface area contributed by atoms with Crippen LogP contribution in [0, 0.1) is 0 Å². The van der Waals surface area contributed by atoms with Gasteiger partial charge >= 0.3 is 12.1 Å². The SMILES string of the molecule is CCC(CCCCCOC1CCCCO1)N(CCOC(C)=O)C(=O)OC(C)(C)C. The van der Waals surface area contributed by atoms with Gasteiger partial charge < -0.3 is 23.8 Å². The predicted octanol–water partition coefficient (Wildman–Crippen LogP) is 4.67. The molecule has 1 rings (SSSR count). The molecule has 1 aliphatic rings. The molecule has 1 saturated heterocycles.